The van der Waals surface area contributed by atoms with E-state index in [4.69, 9.17) is 4.74 Å². The van der Waals surface area contributed by atoms with Gasteiger partial charge in [-0.3, -0.25) is 9.59 Å². The molecule has 0 aliphatic rings. The Morgan fingerprint density at radius 1 is 1.21 bits per heavy atom. The fourth-order valence-electron chi connectivity index (χ4n) is 1.14. The number of carbonyl (C=O) groups excluding carboxylic acids is 2. The summed E-state index contributed by atoms with van der Waals surface area (Å²) in [6.45, 7) is 4.72. The highest BCUT2D eigenvalue weighted by atomic mass is 19.4. The number of alkyl halides is 3. The van der Waals surface area contributed by atoms with E-state index < -0.39 is 36.7 Å². The van der Waals surface area contributed by atoms with E-state index in [-0.39, 0.29) is 5.92 Å². The fourth-order valence-corrected chi connectivity index (χ4v) is 1.14. The van der Waals surface area contributed by atoms with Crippen LogP contribution in [-0.4, -0.2) is 30.3 Å². The lowest BCUT2D eigenvalue weighted by atomic mass is 10.0. The van der Waals surface area contributed by atoms with Crippen LogP contribution < -0.4 is 0 Å². The molecule has 1 atom stereocenters. The molecule has 0 bridgehead atoms. The summed E-state index contributed by atoms with van der Waals surface area (Å²) in [7, 11) is 0. The third kappa shape index (κ3) is 8.45. The van der Waals surface area contributed by atoms with Gasteiger partial charge in [-0.1, -0.05) is 13.8 Å². The van der Waals surface area contributed by atoms with E-state index in [1.165, 1.54) is 13.8 Å². The largest absolute Gasteiger partial charge is 0.459 e. The lowest BCUT2D eigenvalue weighted by molar-refractivity contribution is -0.190. The molecule has 0 fully saturated rings. The van der Waals surface area contributed by atoms with Crippen LogP contribution in [0.15, 0.2) is 0 Å². The Morgan fingerprint density at radius 2 is 1.74 bits per heavy atom. The van der Waals surface area contributed by atoms with E-state index in [1.54, 1.807) is 13.8 Å². The molecule has 0 aromatic heterocycles. The van der Waals surface area contributed by atoms with Crippen molar-refractivity contribution in [2.75, 3.05) is 6.61 Å². The maximum atomic E-state index is 11.8. The van der Waals surface area contributed by atoms with Crippen molar-refractivity contribution in [3.63, 3.8) is 0 Å². The molecule has 0 aliphatic carbocycles. The van der Waals surface area contributed by atoms with Crippen LogP contribution in [0.5, 0.6) is 0 Å². The highest BCUT2D eigenvalue weighted by Crippen LogP contribution is 2.20. The van der Waals surface area contributed by atoms with Gasteiger partial charge in [-0.25, -0.2) is 0 Å². The summed E-state index contributed by atoms with van der Waals surface area (Å²) in [5.41, 5.74) is -1.19. The third-order valence-electron chi connectivity index (χ3n) is 2.36. The van der Waals surface area contributed by atoms with Gasteiger partial charge in [0.05, 0.1) is 12.3 Å². The van der Waals surface area contributed by atoms with Crippen LogP contribution in [0.1, 0.15) is 40.5 Å². The van der Waals surface area contributed by atoms with Crippen molar-refractivity contribution in [2.45, 2.75) is 52.3 Å². The van der Waals surface area contributed by atoms with E-state index in [2.05, 4.69) is 4.74 Å². The first-order valence-electron chi connectivity index (χ1n) is 5.92. The summed E-state index contributed by atoms with van der Waals surface area (Å²) in [6.07, 6.45) is -4.41. The van der Waals surface area contributed by atoms with Gasteiger partial charge in [-0.2, -0.15) is 13.2 Å². The summed E-state index contributed by atoms with van der Waals surface area (Å²) in [5, 5.41) is 0. The highest BCUT2D eigenvalue weighted by Gasteiger charge is 2.33. The maximum Gasteiger partial charge on any atom is 0.422 e. The van der Waals surface area contributed by atoms with Gasteiger partial charge in [-0.05, 0) is 20.3 Å². The predicted molar refractivity (Wildman–Crippen MR) is 61.3 cm³/mol. The van der Waals surface area contributed by atoms with E-state index >= 15 is 0 Å². The molecule has 0 aliphatic heterocycles. The number of rotatable bonds is 6. The quantitative estimate of drug-likeness (QED) is 0.704. The molecular formula is C12H19F3O4. The maximum absolute atomic E-state index is 11.8. The lowest BCUT2D eigenvalue weighted by Gasteiger charge is -2.25. The van der Waals surface area contributed by atoms with Gasteiger partial charge in [0.2, 0.25) is 0 Å². The zero-order valence-electron chi connectivity index (χ0n) is 11.5. The van der Waals surface area contributed by atoms with Crippen LogP contribution in [-0.2, 0) is 19.1 Å². The topological polar surface area (TPSA) is 52.6 Å². The SMILES string of the molecule is CCC(C)C(=O)OC(C)(C)CC(=O)OCC(F)(F)F. The Labute approximate surface area is 110 Å². The van der Waals surface area contributed by atoms with Crippen LogP contribution in [0.3, 0.4) is 0 Å². The van der Waals surface area contributed by atoms with E-state index in [9.17, 15) is 22.8 Å². The van der Waals surface area contributed by atoms with Gasteiger partial charge in [0.1, 0.15) is 5.60 Å². The minimum Gasteiger partial charge on any atom is -0.459 e. The first kappa shape index (κ1) is 17.7. The minimum absolute atomic E-state index is 0.328. The summed E-state index contributed by atoms with van der Waals surface area (Å²) in [4.78, 5) is 22.7. The molecule has 0 radical (unpaired) electrons. The van der Waals surface area contributed by atoms with Gasteiger partial charge in [0.25, 0.3) is 0 Å². The fraction of sp³-hybridized carbons (Fsp3) is 0.833. The summed E-state index contributed by atoms with van der Waals surface area (Å²) in [5.74, 6) is -1.87. The second-order valence-electron chi connectivity index (χ2n) is 4.94. The monoisotopic (exact) mass is 284 g/mol. The van der Waals surface area contributed by atoms with Crippen molar-refractivity contribution in [3.8, 4) is 0 Å². The molecule has 4 nitrogen and oxygen atoms in total. The molecule has 0 saturated carbocycles. The molecule has 0 amide bonds. The van der Waals surface area contributed by atoms with Gasteiger partial charge in [0.15, 0.2) is 6.61 Å². The molecule has 0 heterocycles. The molecule has 19 heavy (non-hydrogen) atoms. The van der Waals surface area contributed by atoms with Gasteiger partial charge < -0.3 is 9.47 Å². The normalized spacial score (nSPS) is 13.8. The third-order valence-corrected chi connectivity index (χ3v) is 2.36. The summed E-state index contributed by atoms with van der Waals surface area (Å²) in [6, 6.07) is 0. The molecule has 112 valence electrons. The average molecular weight is 284 g/mol. The number of esters is 2. The molecular weight excluding hydrogens is 265 g/mol. The molecule has 0 spiro atoms. The Bertz CT molecular complexity index is 323. The highest BCUT2D eigenvalue weighted by molar-refractivity contribution is 5.74. The van der Waals surface area contributed by atoms with Crippen molar-refractivity contribution >= 4 is 11.9 Å². The Balaban J connectivity index is 4.29. The van der Waals surface area contributed by atoms with E-state index in [1.807, 2.05) is 0 Å². The molecule has 0 aromatic rings. The minimum atomic E-state index is -4.56. The summed E-state index contributed by atoms with van der Waals surface area (Å²) < 4.78 is 44.7. The van der Waals surface area contributed by atoms with Crippen LogP contribution in [0.25, 0.3) is 0 Å². The van der Waals surface area contributed by atoms with Crippen molar-refractivity contribution in [1.82, 2.24) is 0 Å². The van der Waals surface area contributed by atoms with Gasteiger partial charge in [-0.15, -0.1) is 0 Å². The first-order valence-corrected chi connectivity index (χ1v) is 5.92. The second-order valence-corrected chi connectivity index (χ2v) is 4.94. The standard InChI is InChI=1S/C12H19F3O4/c1-5-8(2)10(17)19-11(3,4)6-9(16)18-7-12(13,14)15/h8H,5-7H2,1-4H3. The van der Waals surface area contributed by atoms with Crippen LogP contribution in [0.2, 0.25) is 0 Å². The molecule has 0 rings (SSSR count). The Morgan fingerprint density at radius 3 is 2.16 bits per heavy atom. The van der Waals surface area contributed by atoms with Crippen molar-refractivity contribution in [2.24, 2.45) is 5.92 Å². The first-order chi connectivity index (χ1) is 8.47. The number of hydrogen-bond acceptors (Lipinski definition) is 4. The zero-order valence-corrected chi connectivity index (χ0v) is 11.5. The van der Waals surface area contributed by atoms with Crippen molar-refractivity contribution < 1.29 is 32.2 Å². The molecule has 0 saturated heterocycles. The lowest BCUT2D eigenvalue weighted by Crippen LogP contribution is -2.34. The molecule has 1 unspecified atom stereocenters. The van der Waals surface area contributed by atoms with Crippen LogP contribution in [0, 0.1) is 5.92 Å². The molecule has 7 heteroatoms. The van der Waals surface area contributed by atoms with Crippen molar-refractivity contribution in [3.05, 3.63) is 0 Å². The molecule has 0 aromatic carbocycles. The predicted octanol–water partition coefficient (Wildman–Crippen LogP) is 2.85. The zero-order chi connectivity index (χ0) is 15.3. The number of halogens is 3. The molecule has 0 N–H and O–H groups in total. The average Bonchev–Trinajstić information content (AvgIpc) is 2.22. The Kier molecular flexibility index (Phi) is 6.32. The Hall–Kier alpha value is -1.27. The van der Waals surface area contributed by atoms with Crippen molar-refractivity contribution in [1.29, 1.82) is 0 Å². The van der Waals surface area contributed by atoms with E-state index in [0.717, 1.165) is 0 Å². The smallest absolute Gasteiger partial charge is 0.422 e. The van der Waals surface area contributed by atoms with E-state index in [0.29, 0.717) is 6.42 Å². The summed E-state index contributed by atoms with van der Waals surface area (Å²) >= 11 is 0. The number of ether oxygens (including phenoxy) is 2. The van der Waals surface area contributed by atoms with Crippen LogP contribution >= 0.6 is 0 Å². The number of carbonyl (C=O) groups is 2. The van der Waals surface area contributed by atoms with Crippen LogP contribution in [0.4, 0.5) is 13.2 Å². The number of hydrogen-bond donors (Lipinski definition) is 0. The van der Waals surface area contributed by atoms with Gasteiger partial charge >= 0.3 is 18.1 Å². The second kappa shape index (κ2) is 6.77. The van der Waals surface area contributed by atoms with Gasteiger partial charge in [0, 0.05) is 0 Å².